The standard InChI is InChI=1S/C40H27NO/c1-3-13-28(14-4-1)29-17-11-20-33(25-29)41(32-18-5-2-6-19-32)38-24-10-9-21-34(38)35-22-12-23-36-37-26-30-15-7-8-16-31(30)27-39(37)42-40(35)36/h1-27H. The van der Waals surface area contributed by atoms with Gasteiger partial charge in [-0.25, -0.2) is 0 Å². The van der Waals surface area contributed by atoms with E-state index in [9.17, 15) is 0 Å². The van der Waals surface area contributed by atoms with Crippen LogP contribution in [0.2, 0.25) is 0 Å². The fourth-order valence-electron chi connectivity index (χ4n) is 6.05. The number of nitrogens with zero attached hydrogens (tertiary/aromatic N) is 1. The van der Waals surface area contributed by atoms with Gasteiger partial charge in [0.2, 0.25) is 0 Å². The van der Waals surface area contributed by atoms with Gasteiger partial charge in [-0.1, -0.05) is 121 Å². The molecule has 1 aromatic heterocycles. The summed E-state index contributed by atoms with van der Waals surface area (Å²) in [6.45, 7) is 0. The molecule has 0 fully saturated rings. The Bertz CT molecular complexity index is 2200. The van der Waals surface area contributed by atoms with Crippen LogP contribution < -0.4 is 4.90 Å². The number of hydrogen-bond donors (Lipinski definition) is 0. The van der Waals surface area contributed by atoms with Gasteiger partial charge >= 0.3 is 0 Å². The van der Waals surface area contributed by atoms with Crippen molar-refractivity contribution in [2.24, 2.45) is 0 Å². The van der Waals surface area contributed by atoms with Gasteiger partial charge in [0.1, 0.15) is 11.2 Å². The summed E-state index contributed by atoms with van der Waals surface area (Å²) in [4.78, 5) is 2.34. The van der Waals surface area contributed by atoms with Gasteiger partial charge in [0.15, 0.2) is 0 Å². The number of hydrogen-bond acceptors (Lipinski definition) is 2. The van der Waals surface area contributed by atoms with Gasteiger partial charge in [-0.15, -0.1) is 0 Å². The second kappa shape index (κ2) is 10.1. The third kappa shape index (κ3) is 4.13. The minimum absolute atomic E-state index is 0.904. The van der Waals surface area contributed by atoms with Crippen LogP contribution >= 0.6 is 0 Å². The summed E-state index contributed by atoms with van der Waals surface area (Å²) in [6, 6.07) is 57.9. The van der Waals surface area contributed by atoms with Crippen molar-refractivity contribution in [3.8, 4) is 22.3 Å². The zero-order chi connectivity index (χ0) is 27.9. The average molecular weight is 538 g/mol. The first-order chi connectivity index (χ1) is 20.8. The maximum Gasteiger partial charge on any atom is 0.143 e. The maximum atomic E-state index is 6.65. The summed E-state index contributed by atoms with van der Waals surface area (Å²) in [7, 11) is 0. The molecule has 1 heterocycles. The van der Waals surface area contributed by atoms with Crippen molar-refractivity contribution in [1.29, 1.82) is 0 Å². The molecule has 0 N–H and O–H groups in total. The number of para-hydroxylation sites is 3. The molecule has 2 nitrogen and oxygen atoms in total. The highest BCUT2D eigenvalue weighted by molar-refractivity contribution is 6.14. The monoisotopic (exact) mass is 537 g/mol. The Labute approximate surface area is 244 Å². The summed E-state index contributed by atoms with van der Waals surface area (Å²) in [6.07, 6.45) is 0. The second-order valence-electron chi connectivity index (χ2n) is 10.6. The Hall–Kier alpha value is -5.60. The molecule has 0 unspecified atom stereocenters. The molecular formula is C40H27NO. The molecule has 0 aliphatic carbocycles. The first kappa shape index (κ1) is 24.2. The highest BCUT2D eigenvalue weighted by atomic mass is 16.3. The molecule has 0 atom stereocenters. The molecule has 0 spiro atoms. The molecule has 8 rings (SSSR count). The van der Waals surface area contributed by atoms with E-state index in [0.29, 0.717) is 0 Å². The Kier molecular flexibility index (Phi) is 5.82. The van der Waals surface area contributed by atoms with Crippen LogP contribution in [0.25, 0.3) is 55.0 Å². The summed E-state index contributed by atoms with van der Waals surface area (Å²) in [5.41, 5.74) is 9.65. The van der Waals surface area contributed by atoms with Crippen molar-refractivity contribution < 1.29 is 4.42 Å². The molecular weight excluding hydrogens is 510 g/mol. The number of anilines is 3. The third-order valence-electron chi connectivity index (χ3n) is 8.03. The van der Waals surface area contributed by atoms with Crippen molar-refractivity contribution in [2.75, 3.05) is 4.90 Å². The summed E-state index contributed by atoms with van der Waals surface area (Å²) in [5.74, 6) is 0. The van der Waals surface area contributed by atoms with E-state index < -0.39 is 0 Å². The first-order valence-corrected chi connectivity index (χ1v) is 14.3. The Morgan fingerprint density at radius 1 is 0.405 bits per heavy atom. The van der Waals surface area contributed by atoms with E-state index >= 15 is 0 Å². The molecule has 0 aliphatic heterocycles. The molecule has 0 bridgehead atoms. The van der Waals surface area contributed by atoms with Gasteiger partial charge in [0.25, 0.3) is 0 Å². The molecule has 7 aromatic carbocycles. The number of rotatable bonds is 5. The summed E-state index contributed by atoms with van der Waals surface area (Å²) < 4.78 is 6.65. The second-order valence-corrected chi connectivity index (χ2v) is 10.6. The van der Waals surface area contributed by atoms with E-state index in [2.05, 4.69) is 169 Å². The van der Waals surface area contributed by atoms with Gasteiger partial charge in [-0.05, 0) is 64.4 Å². The minimum Gasteiger partial charge on any atom is -0.455 e. The smallest absolute Gasteiger partial charge is 0.143 e. The van der Waals surface area contributed by atoms with E-state index in [1.54, 1.807) is 0 Å². The fraction of sp³-hybridized carbons (Fsp3) is 0. The van der Waals surface area contributed by atoms with Crippen molar-refractivity contribution in [3.63, 3.8) is 0 Å². The van der Waals surface area contributed by atoms with E-state index in [4.69, 9.17) is 4.42 Å². The normalized spacial score (nSPS) is 11.3. The molecule has 2 heteroatoms. The Balaban J connectivity index is 1.35. The van der Waals surface area contributed by atoms with Gasteiger partial charge in [0.05, 0.1) is 5.69 Å². The predicted octanol–water partition coefficient (Wildman–Crippen LogP) is 11.5. The first-order valence-electron chi connectivity index (χ1n) is 14.3. The van der Waals surface area contributed by atoms with Crippen molar-refractivity contribution in [3.05, 3.63) is 164 Å². The average Bonchev–Trinajstić information content (AvgIpc) is 3.43. The lowest BCUT2D eigenvalue weighted by atomic mass is 9.98. The lowest BCUT2D eigenvalue weighted by Gasteiger charge is -2.28. The molecule has 0 radical (unpaired) electrons. The maximum absolute atomic E-state index is 6.65. The van der Waals surface area contributed by atoms with E-state index in [1.807, 2.05) is 0 Å². The number of benzene rings is 7. The van der Waals surface area contributed by atoms with Crippen LogP contribution in [0.3, 0.4) is 0 Å². The Morgan fingerprint density at radius 3 is 1.86 bits per heavy atom. The molecule has 8 aromatic rings. The largest absolute Gasteiger partial charge is 0.455 e. The van der Waals surface area contributed by atoms with Crippen LogP contribution in [0, 0.1) is 0 Å². The minimum atomic E-state index is 0.904. The van der Waals surface area contributed by atoms with Crippen LogP contribution in [0.5, 0.6) is 0 Å². The lowest BCUT2D eigenvalue weighted by Crippen LogP contribution is -2.11. The zero-order valence-corrected chi connectivity index (χ0v) is 22.9. The quantitative estimate of drug-likeness (QED) is 0.217. The van der Waals surface area contributed by atoms with Crippen LogP contribution in [-0.4, -0.2) is 0 Å². The molecule has 0 aliphatic rings. The topological polar surface area (TPSA) is 16.4 Å². The molecule has 42 heavy (non-hydrogen) atoms. The molecule has 0 amide bonds. The van der Waals surface area contributed by atoms with E-state index in [-0.39, 0.29) is 0 Å². The van der Waals surface area contributed by atoms with Crippen LogP contribution in [0.15, 0.2) is 168 Å². The summed E-state index contributed by atoms with van der Waals surface area (Å²) >= 11 is 0. The van der Waals surface area contributed by atoms with Gasteiger partial charge in [-0.2, -0.15) is 0 Å². The highest BCUT2D eigenvalue weighted by Gasteiger charge is 2.20. The lowest BCUT2D eigenvalue weighted by molar-refractivity contribution is 0.670. The van der Waals surface area contributed by atoms with Gasteiger partial charge < -0.3 is 9.32 Å². The van der Waals surface area contributed by atoms with Crippen LogP contribution in [0.4, 0.5) is 17.1 Å². The zero-order valence-electron chi connectivity index (χ0n) is 22.9. The van der Waals surface area contributed by atoms with Gasteiger partial charge in [0, 0.05) is 33.3 Å². The van der Waals surface area contributed by atoms with E-state index in [0.717, 1.165) is 50.1 Å². The molecule has 0 saturated carbocycles. The van der Waals surface area contributed by atoms with Crippen molar-refractivity contribution >= 4 is 49.8 Å². The SMILES string of the molecule is c1ccc(-c2cccc(N(c3ccccc3)c3ccccc3-c3cccc4c3oc3cc5ccccc5cc34)c2)cc1. The van der Waals surface area contributed by atoms with Crippen LogP contribution in [0.1, 0.15) is 0 Å². The molecule has 0 saturated heterocycles. The van der Waals surface area contributed by atoms with Crippen LogP contribution in [-0.2, 0) is 0 Å². The predicted molar refractivity (Wildman–Crippen MR) is 177 cm³/mol. The fourth-order valence-corrected chi connectivity index (χ4v) is 6.05. The van der Waals surface area contributed by atoms with Gasteiger partial charge in [-0.3, -0.25) is 0 Å². The highest BCUT2D eigenvalue weighted by Crippen LogP contribution is 2.45. The number of fused-ring (bicyclic) bond motifs is 4. The van der Waals surface area contributed by atoms with Crippen molar-refractivity contribution in [1.82, 2.24) is 0 Å². The number of furan rings is 1. The Morgan fingerprint density at radius 2 is 1.02 bits per heavy atom. The van der Waals surface area contributed by atoms with Crippen molar-refractivity contribution in [2.45, 2.75) is 0 Å². The summed E-state index contributed by atoms with van der Waals surface area (Å²) in [5, 5.41) is 4.66. The van der Waals surface area contributed by atoms with E-state index in [1.165, 1.54) is 21.9 Å². The molecule has 198 valence electrons. The third-order valence-corrected chi connectivity index (χ3v) is 8.03.